The van der Waals surface area contributed by atoms with Gasteiger partial charge in [0, 0.05) is 22.8 Å². The highest BCUT2D eigenvalue weighted by Gasteiger charge is 2.16. The molecule has 1 aromatic carbocycles. The van der Waals surface area contributed by atoms with Gasteiger partial charge in [0.1, 0.15) is 0 Å². The molecule has 0 radical (unpaired) electrons. The molecule has 1 unspecified atom stereocenters. The van der Waals surface area contributed by atoms with E-state index in [2.05, 4.69) is 5.32 Å². The summed E-state index contributed by atoms with van der Waals surface area (Å²) >= 11 is 5.84. The van der Waals surface area contributed by atoms with Crippen molar-refractivity contribution in [2.24, 2.45) is 0 Å². The summed E-state index contributed by atoms with van der Waals surface area (Å²) in [6, 6.07) is 4.75. The van der Waals surface area contributed by atoms with Gasteiger partial charge in [-0.1, -0.05) is 11.6 Å². The number of carbonyl (C=O) groups is 1. The average Bonchev–Trinajstić information content (AvgIpc) is 2.36. The zero-order valence-electron chi connectivity index (χ0n) is 9.82. The molecule has 1 amide bonds. The normalized spacial score (nSPS) is 19.5. The van der Waals surface area contributed by atoms with Crippen LogP contribution in [0.3, 0.4) is 0 Å². The van der Waals surface area contributed by atoms with Crippen LogP contribution in [0.25, 0.3) is 0 Å². The number of ether oxygens (including phenoxy) is 2. The van der Waals surface area contributed by atoms with E-state index in [1.807, 2.05) is 0 Å². The van der Waals surface area contributed by atoms with Gasteiger partial charge in [0.05, 0.1) is 25.9 Å². The van der Waals surface area contributed by atoms with E-state index in [0.29, 0.717) is 42.6 Å². The van der Waals surface area contributed by atoms with Gasteiger partial charge in [-0.05, 0) is 18.2 Å². The highest BCUT2D eigenvalue weighted by atomic mass is 35.5. The van der Waals surface area contributed by atoms with Gasteiger partial charge >= 0.3 is 0 Å². The monoisotopic (exact) mass is 270 g/mol. The summed E-state index contributed by atoms with van der Waals surface area (Å²) in [5.41, 5.74) is 6.53. The first kappa shape index (κ1) is 13.1. The lowest BCUT2D eigenvalue weighted by Crippen LogP contribution is -2.39. The molecular formula is C12H15ClN2O3. The summed E-state index contributed by atoms with van der Waals surface area (Å²) in [5.74, 6) is -0.224. The Labute approximate surface area is 110 Å². The lowest BCUT2D eigenvalue weighted by Gasteiger charge is -2.23. The average molecular weight is 271 g/mol. The summed E-state index contributed by atoms with van der Waals surface area (Å²) < 4.78 is 10.7. The first-order valence-electron chi connectivity index (χ1n) is 5.69. The van der Waals surface area contributed by atoms with Gasteiger partial charge in [0.2, 0.25) is 0 Å². The van der Waals surface area contributed by atoms with E-state index in [9.17, 15) is 4.79 Å². The van der Waals surface area contributed by atoms with Gasteiger partial charge in [0.15, 0.2) is 0 Å². The van der Waals surface area contributed by atoms with Crippen LogP contribution in [-0.4, -0.2) is 38.4 Å². The molecule has 0 saturated carbocycles. The van der Waals surface area contributed by atoms with E-state index in [1.54, 1.807) is 18.2 Å². The molecule has 6 heteroatoms. The molecule has 98 valence electrons. The summed E-state index contributed by atoms with van der Waals surface area (Å²) in [6.45, 7) is 2.07. The summed E-state index contributed by atoms with van der Waals surface area (Å²) in [4.78, 5) is 11.9. The number of anilines is 1. The molecular weight excluding hydrogens is 256 g/mol. The van der Waals surface area contributed by atoms with Crippen LogP contribution in [0.15, 0.2) is 18.2 Å². The molecule has 1 fully saturated rings. The van der Waals surface area contributed by atoms with Gasteiger partial charge < -0.3 is 20.5 Å². The maximum Gasteiger partial charge on any atom is 0.251 e. The second-order valence-electron chi connectivity index (χ2n) is 4.05. The highest BCUT2D eigenvalue weighted by Crippen LogP contribution is 2.16. The molecule has 2 rings (SSSR count). The second-order valence-corrected chi connectivity index (χ2v) is 4.49. The summed E-state index contributed by atoms with van der Waals surface area (Å²) in [6.07, 6.45) is -0.0979. The molecule has 0 aromatic heterocycles. The SMILES string of the molecule is Nc1cc(Cl)cc(C(=O)NCC2COCCO2)c1. The zero-order chi connectivity index (χ0) is 13.0. The van der Waals surface area contributed by atoms with Crippen LogP contribution in [0.1, 0.15) is 10.4 Å². The van der Waals surface area contributed by atoms with Crippen molar-refractivity contribution in [3.63, 3.8) is 0 Å². The number of benzene rings is 1. The molecule has 1 aromatic rings. The predicted octanol–water partition coefficient (Wildman–Crippen LogP) is 1.07. The standard InChI is InChI=1S/C12H15ClN2O3/c13-9-3-8(4-10(14)5-9)12(16)15-6-11-7-17-1-2-18-11/h3-5,11H,1-2,6-7,14H2,(H,15,16). The fraction of sp³-hybridized carbons (Fsp3) is 0.417. The van der Waals surface area contributed by atoms with Crippen molar-refractivity contribution in [3.05, 3.63) is 28.8 Å². The van der Waals surface area contributed by atoms with Gasteiger partial charge in [0.25, 0.3) is 5.91 Å². The number of nitrogen functional groups attached to an aromatic ring is 1. The fourth-order valence-corrected chi connectivity index (χ4v) is 1.95. The van der Waals surface area contributed by atoms with Gasteiger partial charge in [-0.2, -0.15) is 0 Å². The molecule has 1 atom stereocenters. The highest BCUT2D eigenvalue weighted by molar-refractivity contribution is 6.31. The Morgan fingerprint density at radius 1 is 1.44 bits per heavy atom. The van der Waals surface area contributed by atoms with Crippen molar-refractivity contribution in [2.75, 3.05) is 32.1 Å². The molecule has 0 aliphatic carbocycles. The van der Waals surface area contributed by atoms with Gasteiger partial charge in [-0.25, -0.2) is 0 Å². The molecule has 1 aliphatic rings. The maximum atomic E-state index is 11.9. The van der Waals surface area contributed by atoms with Crippen LogP contribution in [0.4, 0.5) is 5.69 Å². The molecule has 18 heavy (non-hydrogen) atoms. The Morgan fingerprint density at radius 2 is 2.28 bits per heavy atom. The van der Waals surface area contributed by atoms with Crippen molar-refractivity contribution in [1.82, 2.24) is 5.32 Å². The van der Waals surface area contributed by atoms with E-state index >= 15 is 0 Å². The number of rotatable bonds is 3. The fourth-order valence-electron chi connectivity index (χ4n) is 1.71. The van der Waals surface area contributed by atoms with Crippen molar-refractivity contribution in [3.8, 4) is 0 Å². The van der Waals surface area contributed by atoms with Crippen LogP contribution in [-0.2, 0) is 9.47 Å². The number of carbonyl (C=O) groups excluding carboxylic acids is 1. The van der Waals surface area contributed by atoms with Gasteiger partial charge in [-0.3, -0.25) is 4.79 Å². The van der Waals surface area contributed by atoms with E-state index in [4.69, 9.17) is 26.8 Å². The lowest BCUT2D eigenvalue weighted by molar-refractivity contribution is -0.0855. The first-order valence-corrected chi connectivity index (χ1v) is 6.06. The topological polar surface area (TPSA) is 73.6 Å². The Morgan fingerprint density at radius 3 is 2.94 bits per heavy atom. The third-order valence-corrected chi connectivity index (χ3v) is 2.78. The zero-order valence-corrected chi connectivity index (χ0v) is 10.6. The molecule has 1 saturated heterocycles. The van der Waals surface area contributed by atoms with Crippen molar-refractivity contribution in [1.29, 1.82) is 0 Å². The summed E-state index contributed by atoms with van der Waals surface area (Å²) in [5, 5.41) is 3.21. The number of hydrogen-bond donors (Lipinski definition) is 2. The third kappa shape index (κ3) is 3.60. The van der Waals surface area contributed by atoms with E-state index in [0.717, 1.165) is 0 Å². The second kappa shape index (κ2) is 6.04. The van der Waals surface area contributed by atoms with Gasteiger partial charge in [-0.15, -0.1) is 0 Å². The Bertz CT molecular complexity index is 413. The van der Waals surface area contributed by atoms with Crippen molar-refractivity contribution < 1.29 is 14.3 Å². The predicted molar refractivity (Wildman–Crippen MR) is 68.8 cm³/mol. The molecule has 0 bridgehead atoms. The Balaban J connectivity index is 1.90. The van der Waals surface area contributed by atoms with Crippen LogP contribution >= 0.6 is 11.6 Å². The minimum atomic E-state index is -0.224. The van der Waals surface area contributed by atoms with Crippen LogP contribution in [0.5, 0.6) is 0 Å². The Kier molecular flexibility index (Phi) is 4.41. The molecule has 1 aliphatic heterocycles. The van der Waals surface area contributed by atoms with Crippen LogP contribution in [0, 0.1) is 0 Å². The molecule has 0 spiro atoms. The maximum absolute atomic E-state index is 11.9. The Hall–Kier alpha value is -1.30. The number of halogens is 1. The van der Waals surface area contributed by atoms with Crippen molar-refractivity contribution >= 4 is 23.2 Å². The lowest BCUT2D eigenvalue weighted by atomic mass is 10.2. The minimum absolute atomic E-state index is 0.0979. The van der Waals surface area contributed by atoms with Crippen molar-refractivity contribution in [2.45, 2.75) is 6.10 Å². The number of amides is 1. The van der Waals surface area contributed by atoms with E-state index < -0.39 is 0 Å². The first-order chi connectivity index (χ1) is 8.65. The minimum Gasteiger partial charge on any atom is -0.399 e. The number of hydrogen-bond acceptors (Lipinski definition) is 4. The van der Waals surface area contributed by atoms with E-state index in [-0.39, 0.29) is 12.0 Å². The molecule has 5 nitrogen and oxygen atoms in total. The summed E-state index contributed by atoms with van der Waals surface area (Å²) in [7, 11) is 0. The molecule has 3 N–H and O–H groups in total. The quantitative estimate of drug-likeness (QED) is 0.806. The smallest absolute Gasteiger partial charge is 0.251 e. The number of nitrogens with two attached hydrogens (primary N) is 1. The number of nitrogens with one attached hydrogen (secondary N) is 1. The third-order valence-electron chi connectivity index (χ3n) is 2.56. The van der Waals surface area contributed by atoms with Crippen LogP contribution < -0.4 is 11.1 Å². The molecule has 1 heterocycles. The van der Waals surface area contributed by atoms with E-state index in [1.165, 1.54) is 0 Å². The largest absolute Gasteiger partial charge is 0.399 e. The van der Waals surface area contributed by atoms with Crippen LogP contribution in [0.2, 0.25) is 5.02 Å².